The van der Waals surface area contributed by atoms with Gasteiger partial charge in [0, 0.05) is 26.9 Å². The zero-order valence-corrected chi connectivity index (χ0v) is 17.5. The smallest absolute Gasteiger partial charge is 0.329 e. The van der Waals surface area contributed by atoms with Gasteiger partial charge in [-0.15, -0.1) is 0 Å². The minimum atomic E-state index is -0.980. The summed E-state index contributed by atoms with van der Waals surface area (Å²) in [5.74, 6) is -1.87. The van der Waals surface area contributed by atoms with Crippen molar-refractivity contribution in [1.29, 1.82) is 0 Å². The van der Waals surface area contributed by atoms with Gasteiger partial charge in [-0.2, -0.15) is 5.10 Å². The Morgan fingerprint density at radius 1 is 1.00 bits per heavy atom. The predicted octanol–water partition coefficient (Wildman–Crippen LogP) is 4.80. The maximum atomic E-state index is 12.9. The first-order valence-electron chi connectivity index (χ1n) is 8.98. The zero-order chi connectivity index (χ0) is 22.2. The van der Waals surface area contributed by atoms with Crippen LogP contribution in [-0.4, -0.2) is 18.0 Å². The topological polar surface area (TPSA) is 79.8 Å². The second-order valence-electron chi connectivity index (χ2n) is 6.22. The number of carbonyl (C=O) groups excluding carboxylic acids is 2. The van der Waals surface area contributed by atoms with Crippen molar-refractivity contribution in [2.45, 2.75) is 6.61 Å². The van der Waals surface area contributed by atoms with Crippen LogP contribution in [0.5, 0.6) is 5.75 Å². The molecule has 3 aromatic rings. The fourth-order valence-electron chi connectivity index (χ4n) is 2.45. The molecule has 2 N–H and O–H groups in total. The summed E-state index contributed by atoms with van der Waals surface area (Å²) in [4.78, 5) is 23.8. The van der Waals surface area contributed by atoms with E-state index in [0.717, 1.165) is 5.56 Å². The van der Waals surface area contributed by atoms with Crippen LogP contribution in [0.3, 0.4) is 0 Å². The first kappa shape index (κ1) is 22.3. The van der Waals surface area contributed by atoms with Gasteiger partial charge in [0.25, 0.3) is 0 Å². The van der Waals surface area contributed by atoms with E-state index in [-0.39, 0.29) is 12.3 Å². The number of benzene rings is 3. The number of hydrazone groups is 1. The molecule has 9 heteroatoms. The van der Waals surface area contributed by atoms with Crippen LogP contribution in [0.2, 0.25) is 10.0 Å². The van der Waals surface area contributed by atoms with Crippen LogP contribution >= 0.6 is 23.2 Å². The SMILES string of the molecule is O=C(N/N=C\c1ccccc1OCc1ccc(Cl)cc1Cl)C(=O)Nc1ccc(F)cc1. The lowest BCUT2D eigenvalue weighted by Crippen LogP contribution is -2.32. The summed E-state index contributed by atoms with van der Waals surface area (Å²) in [6.45, 7) is 0.202. The summed E-state index contributed by atoms with van der Waals surface area (Å²) in [6, 6.07) is 17.1. The van der Waals surface area contributed by atoms with Crippen LogP contribution in [0.25, 0.3) is 0 Å². The fraction of sp³-hybridized carbons (Fsp3) is 0.0455. The second kappa shape index (κ2) is 10.6. The van der Waals surface area contributed by atoms with E-state index in [1.165, 1.54) is 30.5 Å². The summed E-state index contributed by atoms with van der Waals surface area (Å²) in [5, 5.41) is 7.15. The van der Waals surface area contributed by atoms with Gasteiger partial charge < -0.3 is 10.1 Å². The summed E-state index contributed by atoms with van der Waals surface area (Å²) < 4.78 is 18.7. The lowest BCUT2D eigenvalue weighted by atomic mass is 10.2. The Hall–Kier alpha value is -3.42. The van der Waals surface area contributed by atoms with Crippen molar-refractivity contribution >= 4 is 46.9 Å². The van der Waals surface area contributed by atoms with Gasteiger partial charge in [0.15, 0.2) is 0 Å². The van der Waals surface area contributed by atoms with Crippen LogP contribution in [0.1, 0.15) is 11.1 Å². The molecule has 0 atom stereocenters. The average molecular weight is 460 g/mol. The van der Waals surface area contributed by atoms with Crippen molar-refractivity contribution in [3.05, 3.63) is 93.7 Å². The second-order valence-corrected chi connectivity index (χ2v) is 7.07. The minimum Gasteiger partial charge on any atom is -0.488 e. The first-order valence-corrected chi connectivity index (χ1v) is 9.73. The van der Waals surface area contributed by atoms with E-state index in [2.05, 4.69) is 15.8 Å². The molecular formula is C22H16Cl2FN3O3. The monoisotopic (exact) mass is 459 g/mol. The normalized spacial score (nSPS) is 10.7. The predicted molar refractivity (Wildman–Crippen MR) is 118 cm³/mol. The molecule has 0 fully saturated rings. The molecule has 0 aliphatic carbocycles. The Morgan fingerprint density at radius 2 is 1.74 bits per heavy atom. The largest absolute Gasteiger partial charge is 0.488 e. The Morgan fingerprint density at radius 3 is 2.48 bits per heavy atom. The van der Waals surface area contributed by atoms with Crippen molar-refractivity contribution in [3.63, 3.8) is 0 Å². The van der Waals surface area contributed by atoms with E-state index in [9.17, 15) is 14.0 Å². The number of anilines is 1. The van der Waals surface area contributed by atoms with Gasteiger partial charge in [-0.1, -0.05) is 41.4 Å². The highest BCUT2D eigenvalue weighted by Gasteiger charge is 2.13. The van der Waals surface area contributed by atoms with Crippen LogP contribution in [0.15, 0.2) is 71.8 Å². The average Bonchev–Trinajstić information content (AvgIpc) is 2.75. The summed E-state index contributed by atoms with van der Waals surface area (Å²) in [6.07, 6.45) is 1.35. The molecule has 0 aromatic heterocycles. The molecular weight excluding hydrogens is 444 g/mol. The minimum absolute atomic E-state index is 0.202. The summed E-state index contributed by atoms with van der Waals surface area (Å²) in [7, 11) is 0. The molecule has 158 valence electrons. The van der Waals surface area contributed by atoms with Gasteiger partial charge in [0.05, 0.1) is 6.21 Å². The Bertz CT molecular complexity index is 1120. The third-order valence-corrected chi connectivity index (χ3v) is 4.58. The van der Waals surface area contributed by atoms with Gasteiger partial charge >= 0.3 is 11.8 Å². The lowest BCUT2D eigenvalue weighted by molar-refractivity contribution is -0.136. The van der Waals surface area contributed by atoms with Crippen molar-refractivity contribution < 1.29 is 18.7 Å². The van der Waals surface area contributed by atoms with Crippen LogP contribution in [0, 0.1) is 5.82 Å². The number of carbonyl (C=O) groups is 2. The highest BCUT2D eigenvalue weighted by Crippen LogP contribution is 2.23. The molecule has 3 rings (SSSR count). The molecule has 6 nitrogen and oxygen atoms in total. The van der Waals surface area contributed by atoms with Gasteiger partial charge in [-0.3, -0.25) is 9.59 Å². The van der Waals surface area contributed by atoms with Crippen molar-refractivity contribution in [1.82, 2.24) is 5.43 Å². The van der Waals surface area contributed by atoms with Gasteiger partial charge in [0.1, 0.15) is 18.2 Å². The molecule has 0 heterocycles. The number of hydrogen-bond donors (Lipinski definition) is 2. The molecule has 2 amide bonds. The van der Waals surface area contributed by atoms with Crippen molar-refractivity contribution in [3.8, 4) is 5.75 Å². The van der Waals surface area contributed by atoms with E-state index in [1.807, 2.05) is 0 Å². The molecule has 0 aliphatic heterocycles. The number of rotatable bonds is 6. The highest BCUT2D eigenvalue weighted by atomic mass is 35.5. The van der Waals surface area contributed by atoms with Crippen LogP contribution < -0.4 is 15.5 Å². The summed E-state index contributed by atoms with van der Waals surface area (Å²) >= 11 is 12.0. The van der Waals surface area contributed by atoms with Gasteiger partial charge in [0.2, 0.25) is 0 Å². The van der Waals surface area contributed by atoms with E-state index in [1.54, 1.807) is 42.5 Å². The Labute approximate surface area is 187 Å². The highest BCUT2D eigenvalue weighted by molar-refractivity contribution is 6.39. The van der Waals surface area contributed by atoms with E-state index >= 15 is 0 Å². The maximum Gasteiger partial charge on any atom is 0.329 e. The lowest BCUT2D eigenvalue weighted by Gasteiger charge is -2.10. The maximum absolute atomic E-state index is 12.9. The number of hydrogen-bond acceptors (Lipinski definition) is 4. The van der Waals surface area contributed by atoms with Crippen LogP contribution in [-0.2, 0) is 16.2 Å². The number of halogens is 3. The van der Waals surface area contributed by atoms with E-state index in [4.69, 9.17) is 27.9 Å². The quantitative estimate of drug-likeness (QED) is 0.315. The number of amides is 2. The molecule has 3 aromatic carbocycles. The molecule has 31 heavy (non-hydrogen) atoms. The zero-order valence-electron chi connectivity index (χ0n) is 15.9. The van der Waals surface area contributed by atoms with Crippen molar-refractivity contribution in [2.24, 2.45) is 5.10 Å². The fourth-order valence-corrected chi connectivity index (χ4v) is 2.91. The van der Waals surface area contributed by atoms with Gasteiger partial charge in [-0.25, -0.2) is 9.82 Å². The van der Waals surface area contributed by atoms with Crippen LogP contribution in [0.4, 0.5) is 10.1 Å². The number of nitrogens with one attached hydrogen (secondary N) is 2. The summed E-state index contributed by atoms with van der Waals surface area (Å²) in [5.41, 5.74) is 3.74. The molecule has 0 spiro atoms. The third kappa shape index (κ3) is 6.53. The molecule has 0 radical (unpaired) electrons. The van der Waals surface area contributed by atoms with Gasteiger partial charge in [-0.05, 0) is 48.5 Å². The van der Waals surface area contributed by atoms with E-state index < -0.39 is 17.6 Å². The molecule has 0 saturated carbocycles. The molecule has 0 bridgehead atoms. The standard InChI is InChI=1S/C22H16Cl2FN3O3/c23-16-6-5-15(19(24)11-16)13-31-20-4-2-1-3-14(20)12-26-28-22(30)21(29)27-18-9-7-17(25)8-10-18/h1-12H,13H2,(H,27,29)(H,28,30)/b26-12-. The first-order chi connectivity index (χ1) is 14.9. The molecule has 0 aliphatic rings. The molecule has 0 unspecified atom stereocenters. The number of nitrogens with zero attached hydrogens (tertiary/aromatic N) is 1. The number of ether oxygens (including phenoxy) is 1. The molecule has 0 saturated heterocycles. The Kier molecular flexibility index (Phi) is 7.59. The third-order valence-electron chi connectivity index (χ3n) is 4.00. The number of para-hydroxylation sites is 1. The van der Waals surface area contributed by atoms with Crippen molar-refractivity contribution in [2.75, 3.05) is 5.32 Å². The van der Waals surface area contributed by atoms with E-state index in [0.29, 0.717) is 21.4 Å². The Balaban J connectivity index is 1.58.